The Kier molecular flexibility index (Phi) is 21.4. The molecule has 0 amide bonds. The van der Waals surface area contributed by atoms with Crippen LogP contribution >= 0.6 is 11.6 Å². The second-order valence-corrected chi connectivity index (χ2v) is 14.2. The highest BCUT2D eigenvalue weighted by molar-refractivity contribution is 6.18. The van der Waals surface area contributed by atoms with Gasteiger partial charge in [0, 0.05) is 24.0 Å². The number of carbonyl (C=O) groups is 4. The van der Waals surface area contributed by atoms with E-state index in [-0.39, 0.29) is 36.3 Å². The number of aliphatic hydroxyl groups is 2. The van der Waals surface area contributed by atoms with Crippen LogP contribution in [0.3, 0.4) is 0 Å². The summed E-state index contributed by atoms with van der Waals surface area (Å²) in [6.07, 6.45) is 2.62. The van der Waals surface area contributed by atoms with Crippen molar-refractivity contribution in [2.24, 2.45) is 0 Å². The smallest absolute Gasteiger partial charge is 0.193 e. The van der Waals surface area contributed by atoms with Gasteiger partial charge in [-0.25, -0.2) is 0 Å². The fourth-order valence-electron chi connectivity index (χ4n) is 4.64. The molecule has 0 atom stereocenters. The van der Waals surface area contributed by atoms with Gasteiger partial charge in [-0.15, -0.1) is 11.6 Å². The van der Waals surface area contributed by atoms with Crippen LogP contribution in [0.15, 0.2) is 97.1 Å². The van der Waals surface area contributed by atoms with Crippen LogP contribution < -0.4 is 14.2 Å². The van der Waals surface area contributed by atoms with Crippen LogP contribution in [0.4, 0.5) is 0 Å². The van der Waals surface area contributed by atoms with Gasteiger partial charge in [0.15, 0.2) is 11.6 Å². The summed E-state index contributed by atoms with van der Waals surface area (Å²) >= 11 is 5.48. The Bertz CT molecular complexity index is 1770. The zero-order chi connectivity index (χ0) is 41.0. The Labute approximate surface area is 336 Å². The van der Waals surface area contributed by atoms with Crippen molar-refractivity contribution in [1.29, 1.82) is 0 Å². The fourth-order valence-corrected chi connectivity index (χ4v) is 4.72. The number of phenolic OH excluding ortho intramolecular Hbond substituents is 1. The van der Waals surface area contributed by atoms with E-state index in [1.807, 2.05) is 36.4 Å². The van der Waals surface area contributed by atoms with E-state index in [0.717, 1.165) is 29.7 Å². The third-order valence-electron chi connectivity index (χ3n) is 7.70. The van der Waals surface area contributed by atoms with Gasteiger partial charge >= 0.3 is 0 Å². The van der Waals surface area contributed by atoms with Crippen LogP contribution in [0, 0.1) is 0 Å². The second kappa shape index (κ2) is 24.5. The van der Waals surface area contributed by atoms with E-state index in [0.29, 0.717) is 61.2 Å². The summed E-state index contributed by atoms with van der Waals surface area (Å²) in [6, 6.07) is 27.9. The van der Waals surface area contributed by atoms with Crippen LogP contribution in [0.2, 0.25) is 0 Å². The second-order valence-electron chi connectivity index (χ2n) is 13.8. The minimum Gasteiger partial charge on any atom is -0.508 e. The molecule has 0 saturated carbocycles. The van der Waals surface area contributed by atoms with E-state index in [1.54, 1.807) is 74.5 Å². The molecule has 0 aliphatic heterocycles. The Morgan fingerprint density at radius 2 is 0.839 bits per heavy atom. The number of Topliss-reactive ketones (excluding diaryl/α,β-unsaturated/α-hetero) is 4. The van der Waals surface area contributed by atoms with Gasteiger partial charge in [0.25, 0.3) is 0 Å². The van der Waals surface area contributed by atoms with Gasteiger partial charge in [0.1, 0.15) is 65.6 Å². The molecule has 3 N–H and O–H groups in total. The first-order valence-corrected chi connectivity index (χ1v) is 18.5. The fraction of sp³-hybridized carbons (Fsp3) is 0.378. The Morgan fingerprint density at radius 3 is 1.14 bits per heavy atom. The molecule has 4 aromatic rings. The largest absolute Gasteiger partial charge is 0.508 e. The summed E-state index contributed by atoms with van der Waals surface area (Å²) in [5, 5.41) is 28.3. The molecule has 0 radical (unpaired) electrons. The number of benzene rings is 4. The minimum atomic E-state index is -1.39. The maximum absolute atomic E-state index is 12.0. The monoisotopic (exact) mass is 792 g/mol. The molecule has 56 heavy (non-hydrogen) atoms. The molecule has 10 nitrogen and oxygen atoms in total. The van der Waals surface area contributed by atoms with E-state index in [1.165, 1.54) is 27.7 Å². The normalized spacial score (nSPS) is 10.7. The molecule has 0 bridgehead atoms. The number of aromatic hydroxyl groups is 1. The summed E-state index contributed by atoms with van der Waals surface area (Å²) in [7, 11) is 0. The zero-order valence-electron chi connectivity index (χ0n) is 32.5. The van der Waals surface area contributed by atoms with Crippen molar-refractivity contribution in [3.63, 3.8) is 0 Å². The molecular formula is C45H57ClO10. The van der Waals surface area contributed by atoms with Crippen molar-refractivity contribution in [3.8, 4) is 23.0 Å². The average molecular weight is 793 g/mol. The number of ether oxygens (including phenoxy) is 3. The maximum Gasteiger partial charge on any atom is 0.193 e. The predicted octanol–water partition coefficient (Wildman–Crippen LogP) is 8.43. The molecule has 0 heterocycles. The summed E-state index contributed by atoms with van der Waals surface area (Å²) < 4.78 is 16.5. The molecular weight excluding hydrogens is 736 g/mol. The number of halogens is 1. The quantitative estimate of drug-likeness (QED) is 0.0508. The van der Waals surface area contributed by atoms with Gasteiger partial charge < -0.3 is 39.1 Å². The lowest BCUT2D eigenvalue weighted by Crippen LogP contribution is -2.30. The number of hydrogen-bond donors (Lipinski definition) is 3. The van der Waals surface area contributed by atoms with Crippen molar-refractivity contribution >= 4 is 34.7 Å². The van der Waals surface area contributed by atoms with Gasteiger partial charge in [-0.1, -0.05) is 31.7 Å². The first-order chi connectivity index (χ1) is 25.9. The molecule has 4 aromatic carbocycles. The van der Waals surface area contributed by atoms with Crippen molar-refractivity contribution in [3.05, 3.63) is 119 Å². The Balaban J connectivity index is 0.000000459. The van der Waals surface area contributed by atoms with Crippen LogP contribution in [0.25, 0.3) is 0 Å². The molecule has 11 heteroatoms. The molecule has 0 aliphatic carbocycles. The summed E-state index contributed by atoms with van der Waals surface area (Å²) in [6.45, 7) is 10.2. The molecule has 0 aromatic heterocycles. The van der Waals surface area contributed by atoms with Gasteiger partial charge in [0.05, 0.1) is 5.88 Å². The van der Waals surface area contributed by atoms with E-state index < -0.39 is 11.2 Å². The minimum absolute atomic E-state index is 0. The standard InChI is InChI=1S/C22H26O5.C12H15ClO3.C10H12O2.CH4/c1-16(23)4-5-17-6-10-19(11-7-17)26-14-15-27-20-12-8-18(9-13-20)21(24)22(2,3)25;1-12(2,15)11(14)9-3-5-10(6-4-9)16-8-7-13;1-8(11)2-3-9-4-6-10(12)7-5-9;/h6-13,25H,4-5,14-15H2,1-3H3;3-6,15H,7-8H2,1-2H3;4-7,12H,2-3H2,1H3;1H4. The first-order valence-electron chi connectivity index (χ1n) is 17.9. The predicted molar refractivity (Wildman–Crippen MR) is 221 cm³/mol. The Morgan fingerprint density at radius 1 is 0.536 bits per heavy atom. The molecule has 0 fully saturated rings. The van der Waals surface area contributed by atoms with E-state index >= 15 is 0 Å². The number of alkyl halides is 1. The lowest BCUT2D eigenvalue weighted by atomic mass is 9.97. The van der Waals surface area contributed by atoms with Gasteiger partial charge in [-0.2, -0.15) is 0 Å². The number of phenols is 1. The number of ketones is 4. The number of hydrogen-bond acceptors (Lipinski definition) is 10. The molecule has 0 saturated heterocycles. The third-order valence-corrected chi connectivity index (χ3v) is 7.86. The van der Waals surface area contributed by atoms with Crippen molar-refractivity contribution in [1.82, 2.24) is 0 Å². The van der Waals surface area contributed by atoms with E-state index in [2.05, 4.69) is 0 Å². The summed E-state index contributed by atoms with van der Waals surface area (Å²) in [5.41, 5.74) is 0.357. The number of carbonyl (C=O) groups excluding carboxylic acids is 4. The number of aryl methyl sites for hydroxylation is 2. The van der Waals surface area contributed by atoms with Gasteiger partial charge in [-0.05, 0) is 138 Å². The molecule has 0 unspecified atom stereocenters. The van der Waals surface area contributed by atoms with E-state index in [9.17, 15) is 29.4 Å². The van der Waals surface area contributed by atoms with Crippen LogP contribution in [-0.4, -0.2) is 75.4 Å². The lowest BCUT2D eigenvalue weighted by molar-refractivity contribution is -0.117. The van der Waals surface area contributed by atoms with Gasteiger partial charge in [0.2, 0.25) is 0 Å². The van der Waals surface area contributed by atoms with Crippen LogP contribution in [0.1, 0.15) is 93.7 Å². The molecule has 304 valence electrons. The van der Waals surface area contributed by atoms with Crippen LogP contribution in [0.5, 0.6) is 23.0 Å². The van der Waals surface area contributed by atoms with E-state index in [4.69, 9.17) is 30.9 Å². The average Bonchev–Trinajstić information content (AvgIpc) is 3.14. The van der Waals surface area contributed by atoms with Crippen molar-refractivity contribution in [2.75, 3.05) is 25.7 Å². The topological polar surface area (TPSA) is 157 Å². The van der Waals surface area contributed by atoms with Crippen LogP contribution in [-0.2, 0) is 22.4 Å². The first kappa shape index (κ1) is 49.0. The molecule has 0 spiro atoms. The molecule has 4 rings (SSSR count). The Hall–Kier alpha value is -5.03. The highest BCUT2D eigenvalue weighted by Crippen LogP contribution is 2.19. The highest BCUT2D eigenvalue weighted by Gasteiger charge is 2.25. The molecule has 0 aliphatic rings. The zero-order valence-corrected chi connectivity index (χ0v) is 33.2. The number of rotatable bonds is 18. The summed E-state index contributed by atoms with van der Waals surface area (Å²) in [4.78, 5) is 45.3. The third kappa shape index (κ3) is 19.5. The highest BCUT2D eigenvalue weighted by atomic mass is 35.5. The van der Waals surface area contributed by atoms with Gasteiger partial charge in [-0.3, -0.25) is 9.59 Å². The lowest BCUT2D eigenvalue weighted by Gasteiger charge is -2.15. The maximum atomic E-state index is 12.0. The SMILES string of the molecule is C.CC(=O)CCc1ccc(O)cc1.CC(=O)CCc1ccc(OCCOc2ccc(C(=O)C(C)(C)O)cc2)cc1.CC(C)(O)C(=O)c1ccc(OCCCl)cc1. The summed E-state index contributed by atoms with van der Waals surface area (Å²) in [5.74, 6) is 2.47. The van der Waals surface area contributed by atoms with Crippen molar-refractivity contribution < 1.29 is 48.7 Å². The van der Waals surface area contributed by atoms with Crippen molar-refractivity contribution in [2.45, 2.75) is 85.9 Å².